The van der Waals surface area contributed by atoms with Crippen molar-refractivity contribution in [1.29, 1.82) is 0 Å². The first-order valence-corrected chi connectivity index (χ1v) is 24.7. The third-order valence-corrected chi connectivity index (χ3v) is 11.9. The highest BCUT2D eigenvalue weighted by molar-refractivity contribution is 6.00. The van der Waals surface area contributed by atoms with Crippen LogP contribution in [0, 0.1) is 13.8 Å². The number of nitrogens with one attached hydrogen (secondary N) is 5. The van der Waals surface area contributed by atoms with E-state index in [1.54, 1.807) is 67.5 Å². The van der Waals surface area contributed by atoms with Gasteiger partial charge in [-0.15, -0.1) is 0 Å². The minimum Gasteiger partial charge on any atom is -0.507 e. The maximum absolute atomic E-state index is 15.1. The standard InChI is InChI=1S/C55H72N8O12/c1-30-43(31(2)59-45(58-30)34-16-19-36(20-17-34)53(4,5)6)47(66)61-39(23-24-56-51(70)74-54(7,8)9)49(68)63(13)44-35-18-22-42(73-26-25-57-52(71)75-55(10,11)12)38(29-35)37-27-33(15-21-41(37)64)28-40(50(69)72-14)62-46(65)32(3)60-48(44)67/h15-22,27,29,32,39-40,44,64H,23-26,28H2,1-14H3,(H,56,70)(H,57,71)(H,60,67)(H,61,66)(H,62,65)/t32-,39-,40-,44-/m0/s1. The number of rotatable bonds is 13. The van der Waals surface area contributed by atoms with Crippen LogP contribution in [0.5, 0.6) is 11.5 Å². The van der Waals surface area contributed by atoms with Crippen molar-refractivity contribution < 1.29 is 57.6 Å². The fraction of sp³-hybridized carbons (Fsp3) is 0.473. The number of alkyl carbamates (subject to hydrolysis) is 2. The first kappa shape index (κ1) is 58.1. The van der Waals surface area contributed by atoms with E-state index in [-0.39, 0.29) is 71.7 Å². The number of nitrogens with zero attached hydrogens (tertiary/aromatic N) is 3. The summed E-state index contributed by atoms with van der Waals surface area (Å²) in [7, 11) is 2.51. The smallest absolute Gasteiger partial charge is 0.407 e. The van der Waals surface area contributed by atoms with Crippen LogP contribution in [0.3, 0.4) is 0 Å². The SMILES string of the molecule is COC(=O)[C@@H]1Cc2ccc(O)c(c2)-c2cc(ccc2OCCNC(=O)OC(C)(C)C)[C@H](N(C)C(=O)[C@H](CCNC(=O)OC(C)(C)C)NC(=O)c2c(C)nc(-c3ccc(C(C)(C)C)cc3)nc2C)C(=O)N[C@@H](C)C(=O)N1. The zero-order valence-electron chi connectivity index (χ0n) is 45.4. The molecule has 404 valence electrons. The van der Waals surface area contributed by atoms with E-state index < -0.39 is 77.2 Å². The third-order valence-electron chi connectivity index (χ3n) is 11.9. The molecule has 2 heterocycles. The van der Waals surface area contributed by atoms with Crippen molar-refractivity contribution in [2.24, 2.45) is 0 Å². The second-order valence-corrected chi connectivity index (χ2v) is 21.4. The summed E-state index contributed by atoms with van der Waals surface area (Å²) >= 11 is 0. The first-order chi connectivity index (χ1) is 35.0. The molecule has 1 aliphatic rings. The Bertz CT molecular complexity index is 2750. The van der Waals surface area contributed by atoms with Gasteiger partial charge in [-0.05, 0) is 115 Å². The van der Waals surface area contributed by atoms with Crippen LogP contribution in [0.25, 0.3) is 22.5 Å². The number of ether oxygens (including phenoxy) is 4. The monoisotopic (exact) mass is 1040 g/mol. The summed E-state index contributed by atoms with van der Waals surface area (Å²) < 4.78 is 22.0. The Balaban J connectivity index is 1.59. The van der Waals surface area contributed by atoms with Crippen LogP contribution >= 0.6 is 0 Å². The largest absolute Gasteiger partial charge is 0.507 e. The Morgan fingerprint density at radius 1 is 0.787 bits per heavy atom. The summed E-state index contributed by atoms with van der Waals surface area (Å²) in [5, 5.41) is 24.9. The molecule has 1 aliphatic heterocycles. The van der Waals surface area contributed by atoms with Gasteiger partial charge in [0.05, 0.1) is 30.6 Å². The molecular formula is C55H72N8O12. The lowest BCUT2D eigenvalue weighted by atomic mass is 9.86. The molecule has 0 radical (unpaired) electrons. The molecule has 20 nitrogen and oxygen atoms in total. The quantitative estimate of drug-likeness (QED) is 0.0490. The molecule has 6 N–H and O–H groups in total. The van der Waals surface area contributed by atoms with Crippen LogP contribution in [0.2, 0.25) is 0 Å². The highest BCUT2D eigenvalue weighted by Crippen LogP contribution is 2.40. The van der Waals surface area contributed by atoms with Crippen LogP contribution in [-0.4, -0.2) is 125 Å². The molecular weight excluding hydrogens is 965 g/mol. The van der Waals surface area contributed by atoms with Crippen LogP contribution in [0.15, 0.2) is 60.7 Å². The summed E-state index contributed by atoms with van der Waals surface area (Å²) in [5.41, 5.74) is 2.07. The first-order valence-electron chi connectivity index (χ1n) is 24.7. The predicted octanol–water partition coefficient (Wildman–Crippen LogP) is 6.27. The number of aryl methyl sites for hydroxylation is 2. The Labute approximate surface area is 438 Å². The van der Waals surface area contributed by atoms with Crippen LogP contribution in [-0.2, 0) is 45.2 Å². The lowest BCUT2D eigenvalue weighted by molar-refractivity contribution is -0.145. The minimum absolute atomic E-state index is 0.0133. The molecule has 6 amide bonds. The van der Waals surface area contributed by atoms with Gasteiger partial charge in [0.2, 0.25) is 17.7 Å². The normalized spacial score (nSPS) is 16.4. The highest BCUT2D eigenvalue weighted by atomic mass is 16.6. The van der Waals surface area contributed by atoms with Gasteiger partial charge in [0, 0.05) is 36.7 Å². The van der Waals surface area contributed by atoms with Crippen molar-refractivity contribution in [3.05, 3.63) is 94.3 Å². The number of amides is 6. The van der Waals surface area contributed by atoms with Crippen molar-refractivity contribution in [2.75, 3.05) is 33.9 Å². The molecule has 0 saturated carbocycles. The molecule has 5 rings (SSSR count). The molecule has 20 heteroatoms. The molecule has 4 bridgehead atoms. The molecule has 0 fully saturated rings. The van der Waals surface area contributed by atoms with Crippen LogP contribution in [0.4, 0.5) is 9.59 Å². The van der Waals surface area contributed by atoms with E-state index in [2.05, 4.69) is 57.3 Å². The van der Waals surface area contributed by atoms with Gasteiger partial charge < -0.3 is 55.5 Å². The highest BCUT2D eigenvalue weighted by Gasteiger charge is 2.37. The Hall–Kier alpha value is -7.77. The van der Waals surface area contributed by atoms with Crippen molar-refractivity contribution in [3.8, 4) is 34.0 Å². The summed E-state index contributed by atoms with van der Waals surface area (Å²) in [5.74, 6) is -3.48. The maximum atomic E-state index is 15.1. The summed E-state index contributed by atoms with van der Waals surface area (Å²) in [6.45, 7) is 21.1. The number of likely N-dealkylation sites (N-methyl/N-ethyl adjacent to an activating group) is 1. The van der Waals surface area contributed by atoms with Gasteiger partial charge in [-0.2, -0.15) is 0 Å². The number of hydrogen-bond donors (Lipinski definition) is 6. The number of phenolic OH excluding ortho intramolecular Hbond substituents is 1. The average molecular weight is 1040 g/mol. The molecule has 0 spiro atoms. The summed E-state index contributed by atoms with van der Waals surface area (Å²) in [4.78, 5) is 107. The van der Waals surface area contributed by atoms with Gasteiger partial charge in [0.1, 0.15) is 53.5 Å². The zero-order valence-corrected chi connectivity index (χ0v) is 45.4. The number of carbonyl (C=O) groups is 7. The number of aromatic hydroxyl groups is 1. The number of phenols is 1. The lowest BCUT2D eigenvalue weighted by Gasteiger charge is -2.33. The van der Waals surface area contributed by atoms with Gasteiger partial charge in [-0.25, -0.2) is 24.4 Å². The number of hydrogen-bond acceptors (Lipinski definition) is 14. The molecule has 0 aliphatic carbocycles. The second-order valence-electron chi connectivity index (χ2n) is 21.4. The lowest BCUT2D eigenvalue weighted by Crippen LogP contribution is -2.55. The van der Waals surface area contributed by atoms with Gasteiger partial charge in [-0.3, -0.25) is 19.2 Å². The van der Waals surface area contributed by atoms with Crippen LogP contribution < -0.4 is 31.3 Å². The third kappa shape index (κ3) is 15.9. The number of methoxy groups -OCH3 is 1. The summed E-state index contributed by atoms with van der Waals surface area (Å²) in [6.07, 6.45) is -1.70. The minimum atomic E-state index is -1.55. The van der Waals surface area contributed by atoms with E-state index >= 15 is 4.79 Å². The topological polar surface area (TPSA) is 266 Å². The van der Waals surface area contributed by atoms with Gasteiger partial charge >= 0.3 is 18.2 Å². The predicted molar refractivity (Wildman–Crippen MR) is 280 cm³/mol. The van der Waals surface area contributed by atoms with Crippen molar-refractivity contribution >= 4 is 41.8 Å². The van der Waals surface area contributed by atoms with Gasteiger partial charge in [0.15, 0.2) is 5.82 Å². The van der Waals surface area contributed by atoms with E-state index in [4.69, 9.17) is 18.9 Å². The molecule has 4 atom stereocenters. The van der Waals surface area contributed by atoms with Crippen molar-refractivity contribution in [2.45, 2.75) is 137 Å². The molecule has 3 aromatic carbocycles. The molecule has 1 aromatic heterocycles. The van der Waals surface area contributed by atoms with Gasteiger partial charge in [-0.1, -0.05) is 57.2 Å². The van der Waals surface area contributed by atoms with E-state index in [1.165, 1.54) is 45.3 Å². The number of benzene rings is 3. The van der Waals surface area contributed by atoms with E-state index in [9.17, 15) is 33.9 Å². The Morgan fingerprint density at radius 2 is 1.39 bits per heavy atom. The second kappa shape index (κ2) is 24.1. The van der Waals surface area contributed by atoms with Crippen LogP contribution in [0.1, 0.15) is 120 Å². The number of esters is 1. The molecule has 75 heavy (non-hydrogen) atoms. The van der Waals surface area contributed by atoms with Gasteiger partial charge in [0.25, 0.3) is 5.91 Å². The molecule has 0 saturated heterocycles. The summed E-state index contributed by atoms with van der Waals surface area (Å²) in [6, 6.07) is 11.5. The molecule has 4 aromatic rings. The van der Waals surface area contributed by atoms with Crippen molar-refractivity contribution in [1.82, 2.24) is 41.5 Å². The fourth-order valence-electron chi connectivity index (χ4n) is 8.17. The zero-order chi connectivity index (χ0) is 55.7. The number of fused-ring (bicyclic) bond motifs is 5. The Kier molecular flexibility index (Phi) is 18.6. The van der Waals surface area contributed by atoms with E-state index in [0.29, 0.717) is 22.8 Å². The number of carbonyl (C=O) groups excluding carboxylic acids is 7. The average Bonchev–Trinajstić information content (AvgIpc) is 3.30. The maximum Gasteiger partial charge on any atom is 0.407 e. The fourth-order valence-corrected chi connectivity index (χ4v) is 8.17. The van der Waals surface area contributed by atoms with E-state index in [0.717, 1.165) is 16.0 Å². The Morgan fingerprint density at radius 3 is 1.96 bits per heavy atom. The molecule has 0 unspecified atom stereocenters. The number of aromatic nitrogens is 2. The van der Waals surface area contributed by atoms with E-state index in [1.807, 2.05) is 24.3 Å². The van der Waals surface area contributed by atoms with Crippen molar-refractivity contribution in [3.63, 3.8) is 0 Å².